The lowest BCUT2D eigenvalue weighted by molar-refractivity contribution is -0.138. The van der Waals surface area contributed by atoms with Crippen molar-refractivity contribution in [1.82, 2.24) is 15.5 Å². The van der Waals surface area contributed by atoms with Crippen LogP contribution in [0.4, 0.5) is 4.79 Å². The number of carbonyl (C=O) groups excluding carboxylic acids is 3. The normalized spacial score (nSPS) is 12.4. The number of nitrogens with zero attached hydrogens (tertiary/aromatic N) is 1. The quantitative estimate of drug-likeness (QED) is 0.284. The third-order valence-corrected chi connectivity index (χ3v) is 5.70. The minimum Gasteiger partial charge on any atom is -0.508 e. The second-order valence-corrected chi connectivity index (χ2v) is 9.89. The standard InChI is InChI=1S/C31H33N3O5/c1-5-34(29(37)25(20-22-14-8-6-9-15-22)33-30(38)39-31(2,3)4)27(24-18-12-13-19-26(24)35)28(36)32-21-23-16-10-7-11-17-23/h1,6-19,25,27,35H,20-21H2,2-4H3,(H,32,36)(H,33,38). The molecule has 0 spiro atoms. The van der Waals surface area contributed by atoms with E-state index < -0.39 is 35.6 Å². The van der Waals surface area contributed by atoms with Crippen LogP contribution < -0.4 is 10.6 Å². The van der Waals surface area contributed by atoms with E-state index in [4.69, 9.17) is 11.2 Å². The first-order valence-corrected chi connectivity index (χ1v) is 12.5. The number of aromatic hydroxyl groups is 1. The number of phenolic OH excluding ortho intramolecular Hbond substituents is 1. The number of hydrogen-bond donors (Lipinski definition) is 3. The predicted octanol–water partition coefficient (Wildman–Crippen LogP) is 4.31. The Hall–Kier alpha value is -4.77. The lowest BCUT2D eigenvalue weighted by atomic mass is 10.00. The molecule has 3 aromatic rings. The molecule has 0 aliphatic rings. The molecule has 0 saturated heterocycles. The Morgan fingerprint density at radius 2 is 1.49 bits per heavy atom. The summed E-state index contributed by atoms with van der Waals surface area (Å²) < 4.78 is 5.38. The van der Waals surface area contributed by atoms with Crippen LogP contribution >= 0.6 is 0 Å². The third kappa shape index (κ3) is 8.37. The number of amides is 3. The van der Waals surface area contributed by atoms with Gasteiger partial charge in [0.2, 0.25) is 5.91 Å². The topological polar surface area (TPSA) is 108 Å². The molecule has 3 rings (SSSR count). The van der Waals surface area contributed by atoms with Gasteiger partial charge in [-0.3, -0.25) is 14.5 Å². The lowest BCUT2D eigenvalue weighted by Crippen LogP contribution is -2.52. The highest BCUT2D eigenvalue weighted by molar-refractivity contribution is 5.93. The van der Waals surface area contributed by atoms with Crippen LogP contribution in [0.5, 0.6) is 5.75 Å². The minimum atomic E-state index is -1.37. The Morgan fingerprint density at radius 1 is 0.923 bits per heavy atom. The molecule has 3 aromatic carbocycles. The number of ether oxygens (including phenoxy) is 1. The molecular formula is C31H33N3O5. The van der Waals surface area contributed by atoms with Crippen LogP contribution in [0.25, 0.3) is 0 Å². The van der Waals surface area contributed by atoms with Gasteiger partial charge in [0.1, 0.15) is 17.4 Å². The van der Waals surface area contributed by atoms with Crippen LogP contribution in [0.3, 0.4) is 0 Å². The second kappa shape index (κ2) is 13.2. The van der Waals surface area contributed by atoms with Crippen molar-refractivity contribution < 1.29 is 24.2 Å². The maximum atomic E-state index is 13.9. The van der Waals surface area contributed by atoms with Crippen LogP contribution in [-0.2, 0) is 27.3 Å². The van der Waals surface area contributed by atoms with Crippen molar-refractivity contribution in [2.45, 2.75) is 51.4 Å². The summed E-state index contributed by atoms with van der Waals surface area (Å²) >= 11 is 0. The van der Waals surface area contributed by atoms with Gasteiger partial charge in [-0.05, 0) is 38.0 Å². The van der Waals surface area contributed by atoms with Crippen LogP contribution in [-0.4, -0.2) is 39.6 Å². The molecule has 202 valence electrons. The Kier molecular flexibility index (Phi) is 9.71. The number of nitrogens with one attached hydrogen (secondary N) is 2. The van der Waals surface area contributed by atoms with Crippen molar-refractivity contribution in [1.29, 1.82) is 0 Å². The van der Waals surface area contributed by atoms with E-state index in [1.54, 1.807) is 32.9 Å². The van der Waals surface area contributed by atoms with Gasteiger partial charge in [-0.15, -0.1) is 0 Å². The monoisotopic (exact) mass is 527 g/mol. The Bertz CT molecular complexity index is 1310. The summed E-state index contributed by atoms with van der Waals surface area (Å²) in [7, 11) is 0. The number of benzene rings is 3. The molecule has 2 unspecified atom stereocenters. The highest BCUT2D eigenvalue weighted by Gasteiger charge is 2.37. The third-order valence-electron chi connectivity index (χ3n) is 5.70. The van der Waals surface area contributed by atoms with E-state index in [9.17, 15) is 19.5 Å². The molecule has 39 heavy (non-hydrogen) atoms. The number of carbonyl (C=O) groups is 3. The van der Waals surface area contributed by atoms with Gasteiger partial charge in [0.25, 0.3) is 5.91 Å². The van der Waals surface area contributed by atoms with E-state index in [2.05, 4.69) is 16.7 Å². The summed E-state index contributed by atoms with van der Waals surface area (Å²) in [5.74, 6) is -1.51. The summed E-state index contributed by atoms with van der Waals surface area (Å²) in [5, 5.41) is 16.0. The van der Waals surface area contributed by atoms with E-state index in [-0.39, 0.29) is 24.3 Å². The van der Waals surface area contributed by atoms with E-state index in [1.807, 2.05) is 60.7 Å². The molecule has 8 nitrogen and oxygen atoms in total. The van der Waals surface area contributed by atoms with Crippen LogP contribution in [0.2, 0.25) is 0 Å². The number of alkyl carbamates (subject to hydrolysis) is 1. The summed E-state index contributed by atoms with van der Waals surface area (Å²) in [5.41, 5.74) is 0.946. The van der Waals surface area contributed by atoms with Gasteiger partial charge in [-0.1, -0.05) is 85.3 Å². The van der Waals surface area contributed by atoms with Crippen molar-refractivity contribution >= 4 is 17.9 Å². The Balaban J connectivity index is 1.96. The van der Waals surface area contributed by atoms with Gasteiger partial charge in [0, 0.05) is 24.6 Å². The molecule has 0 bridgehead atoms. The summed E-state index contributed by atoms with van der Waals surface area (Å²) in [6.07, 6.45) is 5.11. The first-order valence-electron chi connectivity index (χ1n) is 12.5. The van der Waals surface area contributed by atoms with Crippen molar-refractivity contribution in [3.05, 3.63) is 102 Å². The molecule has 0 radical (unpaired) electrons. The largest absolute Gasteiger partial charge is 0.508 e. The first kappa shape index (κ1) is 28.8. The van der Waals surface area contributed by atoms with Gasteiger partial charge < -0.3 is 20.5 Å². The zero-order valence-electron chi connectivity index (χ0n) is 22.3. The van der Waals surface area contributed by atoms with Gasteiger partial charge in [0.15, 0.2) is 6.04 Å². The number of terminal acetylenes is 1. The summed E-state index contributed by atoms with van der Waals surface area (Å²) in [4.78, 5) is 41.1. The fraction of sp³-hybridized carbons (Fsp3) is 0.258. The van der Waals surface area contributed by atoms with E-state index in [0.717, 1.165) is 16.0 Å². The van der Waals surface area contributed by atoms with Crippen LogP contribution in [0.15, 0.2) is 84.9 Å². The van der Waals surface area contributed by atoms with Gasteiger partial charge in [-0.25, -0.2) is 4.79 Å². The Morgan fingerprint density at radius 3 is 2.05 bits per heavy atom. The highest BCUT2D eigenvalue weighted by atomic mass is 16.6. The number of rotatable bonds is 9. The Labute approximate surface area is 229 Å². The zero-order chi connectivity index (χ0) is 28.4. The molecule has 0 saturated carbocycles. The number of phenols is 1. The average Bonchev–Trinajstić information content (AvgIpc) is 2.90. The molecular weight excluding hydrogens is 494 g/mol. The molecule has 0 fully saturated rings. The minimum absolute atomic E-state index is 0.0935. The highest BCUT2D eigenvalue weighted by Crippen LogP contribution is 2.29. The van der Waals surface area contributed by atoms with Crippen molar-refractivity contribution in [3.8, 4) is 18.2 Å². The smallest absolute Gasteiger partial charge is 0.408 e. The van der Waals surface area contributed by atoms with Gasteiger partial charge >= 0.3 is 6.09 Å². The molecule has 0 aliphatic heterocycles. The maximum Gasteiger partial charge on any atom is 0.408 e. The SMILES string of the molecule is C#CN(C(=O)C(Cc1ccccc1)NC(=O)OC(C)(C)C)C(C(=O)NCc1ccccc1)c1ccccc1O. The second-order valence-electron chi connectivity index (χ2n) is 9.89. The van der Waals surface area contributed by atoms with Crippen LogP contribution in [0.1, 0.15) is 43.5 Å². The van der Waals surface area contributed by atoms with E-state index in [0.29, 0.717) is 0 Å². The van der Waals surface area contributed by atoms with E-state index in [1.165, 1.54) is 12.1 Å². The molecule has 0 aliphatic carbocycles. The van der Waals surface area contributed by atoms with Crippen molar-refractivity contribution in [2.75, 3.05) is 0 Å². The van der Waals surface area contributed by atoms with E-state index >= 15 is 0 Å². The molecule has 0 heterocycles. The predicted molar refractivity (Wildman–Crippen MR) is 148 cm³/mol. The molecule has 2 atom stereocenters. The zero-order valence-corrected chi connectivity index (χ0v) is 22.3. The van der Waals surface area contributed by atoms with Gasteiger partial charge in [-0.2, -0.15) is 0 Å². The van der Waals surface area contributed by atoms with Crippen molar-refractivity contribution in [2.24, 2.45) is 0 Å². The number of para-hydroxylation sites is 1. The number of hydrogen-bond acceptors (Lipinski definition) is 5. The van der Waals surface area contributed by atoms with Gasteiger partial charge in [0.05, 0.1) is 0 Å². The lowest BCUT2D eigenvalue weighted by Gasteiger charge is -2.30. The summed E-state index contributed by atoms with van der Waals surface area (Å²) in [6, 6.07) is 24.3. The molecule has 8 heteroatoms. The molecule has 3 amide bonds. The van der Waals surface area contributed by atoms with Crippen LogP contribution in [0, 0.1) is 12.5 Å². The first-order chi connectivity index (χ1) is 18.6. The molecule has 3 N–H and O–H groups in total. The maximum absolute atomic E-state index is 13.9. The molecule has 0 aromatic heterocycles. The fourth-order valence-electron chi connectivity index (χ4n) is 3.93. The average molecular weight is 528 g/mol. The fourth-order valence-corrected chi connectivity index (χ4v) is 3.93. The van der Waals surface area contributed by atoms with Crippen molar-refractivity contribution in [3.63, 3.8) is 0 Å². The summed E-state index contributed by atoms with van der Waals surface area (Å²) in [6.45, 7) is 5.30.